The first-order valence-corrected chi connectivity index (χ1v) is 4.66. The van der Waals surface area contributed by atoms with E-state index in [1.807, 2.05) is 0 Å². The maximum atomic E-state index is 12.3. The highest BCUT2D eigenvalue weighted by Gasteiger charge is 2.15. The van der Waals surface area contributed by atoms with Crippen LogP contribution in [0.25, 0.3) is 0 Å². The molecule has 0 amide bonds. The summed E-state index contributed by atoms with van der Waals surface area (Å²) in [6.07, 6.45) is -2.73. The minimum Gasteiger partial charge on any atom is -0.390 e. The van der Waals surface area contributed by atoms with E-state index >= 15 is 0 Å². The average molecular weight is 310 g/mol. The predicted molar refractivity (Wildman–Crippen MR) is 52.5 cm³/mol. The molecule has 0 aromatic carbocycles. The van der Waals surface area contributed by atoms with Crippen LogP contribution in [0.4, 0.5) is 8.78 Å². The molecule has 74 valence electrons. The number of hydrogen-bond acceptors (Lipinski definition) is 3. The molecule has 1 aromatic heterocycles. The third-order valence-corrected chi connectivity index (χ3v) is 2.74. The molecule has 0 aliphatic heterocycles. The van der Waals surface area contributed by atoms with Gasteiger partial charge in [-0.3, -0.25) is 0 Å². The van der Waals surface area contributed by atoms with Crippen LogP contribution < -0.4 is 0 Å². The highest BCUT2D eigenvalue weighted by Crippen LogP contribution is 2.22. The number of nitriles is 1. The number of pyridine rings is 1. The molecule has 1 N–H and O–H groups in total. The zero-order valence-electron chi connectivity index (χ0n) is 6.84. The van der Waals surface area contributed by atoms with Gasteiger partial charge in [0.15, 0.2) is 0 Å². The van der Waals surface area contributed by atoms with Gasteiger partial charge in [-0.1, -0.05) is 0 Å². The number of hydrogen-bond donors (Lipinski definition) is 1. The molecule has 0 atom stereocenters. The fraction of sp³-hybridized carbons (Fsp3) is 0.250. The molecule has 6 heteroatoms. The number of aliphatic hydroxyl groups is 1. The number of rotatable bonds is 2. The molecule has 0 bridgehead atoms. The molecule has 1 heterocycles. The van der Waals surface area contributed by atoms with Gasteiger partial charge in [-0.15, -0.1) is 0 Å². The molecule has 14 heavy (non-hydrogen) atoms. The summed E-state index contributed by atoms with van der Waals surface area (Å²) in [5, 5.41) is 17.5. The summed E-state index contributed by atoms with van der Waals surface area (Å²) >= 11 is 1.79. The van der Waals surface area contributed by atoms with Crippen LogP contribution in [0, 0.1) is 14.9 Å². The van der Waals surface area contributed by atoms with E-state index in [9.17, 15) is 8.78 Å². The van der Waals surface area contributed by atoms with Crippen molar-refractivity contribution in [3.05, 3.63) is 26.6 Å². The van der Waals surface area contributed by atoms with Crippen molar-refractivity contribution in [3.8, 4) is 6.07 Å². The fourth-order valence-electron chi connectivity index (χ4n) is 0.902. The zero-order chi connectivity index (χ0) is 10.7. The average Bonchev–Trinajstić information content (AvgIpc) is 2.17. The Bertz CT molecular complexity index is 390. The molecule has 1 aromatic rings. The second-order valence-corrected chi connectivity index (χ2v) is 3.50. The highest BCUT2D eigenvalue weighted by atomic mass is 127. The Hall–Kier alpha value is -0.810. The van der Waals surface area contributed by atoms with Crippen LogP contribution in [0.1, 0.15) is 23.4 Å². The van der Waals surface area contributed by atoms with Crippen molar-refractivity contribution >= 4 is 22.6 Å². The van der Waals surface area contributed by atoms with Crippen molar-refractivity contribution in [1.82, 2.24) is 4.98 Å². The van der Waals surface area contributed by atoms with Crippen molar-refractivity contribution < 1.29 is 13.9 Å². The Morgan fingerprint density at radius 2 is 2.29 bits per heavy atom. The third kappa shape index (κ3) is 2.16. The van der Waals surface area contributed by atoms with Crippen LogP contribution in [0.15, 0.2) is 6.07 Å². The second-order valence-electron chi connectivity index (χ2n) is 2.43. The van der Waals surface area contributed by atoms with Gasteiger partial charge >= 0.3 is 0 Å². The van der Waals surface area contributed by atoms with E-state index in [4.69, 9.17) is 10.4 Å². The van der Waals surface area contributed by atoms with E-state index in [-0.39, 0.29) is 11.3 Å². The van der Waals surface area contributed by atoms with Gasteiger partial charge in [-0.05, 0) is 28.7 Å². The lowest BCUT2D eigenvalue weighted by Crippen LogP contribution is -2.02. The molecular formula is C8H5F2IN2O. The standard InChI is InChI=1S/C8H5F2IN2O/c9-8(10)5-1-4(2-12)7(11)6(3-14)13-5/h1,8,14H,3H2. The summed E-state index contributed by atoms with van der Waals surface area (Å²) < 4.78 is 25.0. The summed E-state index contributed by atoms with van der Waals surface area (Å²) in [5.74, 6) is 0. The van der Waals surface area contributed by atoms with Crippen molar-refractivity contribution in [2.24, 2.45) is 0 Å². The molecule has 3 nitrogen and oxygen atoms in total. The van der Waals surface area contributed by atoms with Gasteiger partial charge in [0.05, 0.1) is 21.4 Å². The van der Waals surface area contributed by atoms with E-state index in [0.29, 0.717) is 3.57 Å². The van der Waals surface area contributed by atoms with E-state index in [1.165, 1.54) is 0 Å². The quantitative estimate of drug-likeness (QED) is 0.850. The topological polar surface area (TPSA) is 56.9 Å². The Labute approximate surface area is 92.5 Å². The molecular weight excluding hydrogens is 305 g/mol. The molecule has 0 radical (unpaired) electrons. The minimum atomic E-state index is -2.73. The second kappa shape index (κ2) is 4.61. The SMILES string of the molecule is N#Cc1cc(C(F)F)nc(CO)c1I. The number of nitrogens with zero attached hydrogens (tertiary/aromatic N) is 2. The van der Waals surface area contributed by atoms with Crippen molar-refractivity contribution in [2.75, 3.05) is 0 Å². The van der Waals surface area contributed by atoms with E-state index < -0.39 is 18.7 Å². The van der Waals surface area contributed by atoms with Crippen molar-refractivity contribution in [1.29, 1.82) is 5.26 Å². The lowest BCUT2D eigenvalue weighted by molar-refractivity contribution is 0.145. The first kappa shape index (κ1) is 11.3. The molecule has 0 spiro atoms. The Kier molecular flexibility index (Phi) is 3.71. The van der Waals surface area contributed by atoms with Crippen LogP contribution in [-0.2, 0) is 6.61 Å². The van der Waals surface area contributed by atoms with Gasteiger partial charge in [-0.2, -0.15) is 5.26 Å². The molecule has 0 unspecified atom stereocenters. The number of aromatic nitrogens is 1. The molecule has 0 saturated heterocycles. The lowest BCUT2D eigenvalue weighted by atomic mass is 10.2. The largest absolute Gasteiger partial charge is 0.390 e. The van der Waals surface area contributed by atoms with Gasteiger partial charge in [0.25, 0.3) is 6.43 Å². The summed E-state index contributed by atoms with van der Waals surface area (Å²) in [4.78, 5) is 3.54. The molecule has 1 rings (SSSR count). The number of halogens is 3. The van der Waals surface area contributed by atoms with E-state index in [2.05, 4.69) is 4.98 Å². The van der Waals surface area contributed by atoms with Crippen LogP contribution in [0.2, 0.25) is 0 Å². The summed E-state index contributed by atoms with van der Waals surface area (Å²) in [7, 11) is 0. The predicted octanol–water partition coefficient (Wildman–Crippen LogP) is 1.99. The Balaban J connectivity index is 3.34. The molecule has 0 fully saturated rings. The van der Waals surface area contributed by atoms with Gasteiger partial charge in [-0.25, -0.2) is 13.8 Å². The van der Waals surface area contributed by atoms with Gasteiger partial charge < -0.3 is 5.11 Å². The third-order valence-electron chi connectivity index (χ3n) is 1.54. The summed E-state index contributed by atoms with van der Waals surface area (Å²) in [5.41, 5.74) is -0.258. The normalized spacial score (nSPS) is 10.3. The van der Waals surface area contributed by atoms with E-state index in [1.54, 1.807) is 28.7 Å². The lowest BCUT2D eigenvalue weighted by Gasteiger charge is -2.05. The summed E-state index contributed by atoms with van der Waals surface area (Å²) in [6.45, 7) is -0.451. The fourth-order valence-corrected chi connectivity index (χ4v) is 1.47. The molecule has 0 aliphatic carbocycles. The number of alkyl halides is 2. The molecule has 0 saturated carbocycles. The minimum absolute atomic E-state index is 0.111. The monoisotopic (exact) mass is 310 g/mol. The first-order valence-electron chi connectivity index (χ1n) is 3.58. The first-order chi connectivity index (χ1) is 6.60. The van der Waals surface area contributed by atoms with Crippen LogP contribution in [-0.4, -0.2) is 10.1 Å². The van der Waals surface area contributed by atoms with Crippen LogP contribution in [0.5, 0.6) is 0 Å². The van der Waals surface area contributed by atoms with Crippen LogP contribution in [0.3, 0.4) is 0 Å². The van der Waals surface area contributed by atoms with E-state index in [0.717, 1.165) is 6.07 Å². The Morgan fingerprint density at radius 1 is 1.64 bits per heavy atom. The molecule has 0 aliphatic rings. The smallest absolute Gasteiger partial charge is 0.280 e. The van der Waals surface area contributed by atoms with Gasteiger partial charge in [0.1, 0.15) is 11.8 Å². The van der Waals surface area contributed by atoms with Crippen molar-refractivity contribution in [3.63, 3.8) is 0 Å². The Morgan fingerprint density at radius 3 is 2.71 bits per heavy atom. The van der Waals surface area contributed by atoms with Crippen molar-refractivity contribution in [2.45, 2.75) is 13.0 Å². The van der Waals surface area contributed by atoms with Gasteiger partial charge in [0.2, 0.25) is 0 Å². The zero-order valence-corrected chi connectivity index (χ0v) is 8.99. The van der Waals surface area contributed by atoms with Crippen LogP contribution >= 0.6 is 22.6 Å². The summed E-state index contributed by atoms with van der Waals surface area (Å²) in [6, 6.07) is 2.81. The maximum absolute atomic E-state index is 12.3. The number of aliphatic hydroxyl groups excluding tert-OH is 1. The van der Waals surface area contributed by atoms with Gasteiger partial charge in [0, 0.05) is 0 Å². The highest BCUT2D eigenvalue weighted by molar-refractivity contribution is 14.1. The maximum Gasteiger partial charge on any atom is 0.280 e.